The van der Waals surface area contributed by atoms with Gasteiger partial charge in [0.15, 0.2) is 0 Å². The molecule has 0 saturated heterocycles. The van der Waals surface area contributed by atoms with Gasteiger partial charge in [-0.1, -0.05) is 48.0 Å². The first-order valence-corrected chi connectivity index (χ1v) is 8.89. The van der Waals surface area contributed by atoms with Crippen LogP contribution in [0.2, 0.25) is 0 Å². The van der Waals surface area contributed by atoms with E-state index in [0.29, 0.717) is 6.54 Å². The summed E-state index contributed by atoms with van der Waals surface area (Å²) in [6.45, 7) is 6.45. The fourth-order valence-corrected chi connectivity index (χ4v) is 2.92. The molecule has 0 radical (unpaired) electrons. The maximum Gasteiger partial charge on any atom is 0.315 e. The van der Waals surface area contributed by atoms with E-state index >= 15 is 0 Å². The smallest absolute Gasteiger partial charge is 0.315 e. The summed E-state index contributed by atoms with van der Waals surface area (Å²) < 4.78 is 0. The van der Waals surface area contributed by atoms with Crippen molar-refractivity contribution in [1.29, 1.82) is 0 Å². The van der Waals surface area contributed by atoms with Crippen molar-refractivity contribution in [3.63, 3.8) is 0 Å². The number of benzene rings is 2. The van der Waals surface area contributed by atoms with Crippen LogP contribution in [0.1, 0.15) is 28.7 Å². The van der Waals surface area contributed by atoms with Crippen LogP contribution in [0.3, 0.4) is 0 Å². The van der Waals surface area contributed by atoms with Crippen molar-refractivity contribution >= 4 is 17.6 Å². The summed E-state index contributed by atoms with van der Waals surface area (Å²) >= 11 is 0. The van der Waals surface area contributed by atoms with Gasteiger partial charge in [0, 0.05) is 12.2 Å². The number of aryl methyl sites for hydroxylation is 4. The molecule has 0 aliphatic heterocycles. The Morgan fingerprint density at radius 2 is 1.58 bits per heavy atom. The van der Waals surface area contributed by atoms with Crippen molar-refractivity contribution in [2.75, 3.05) is 18.4 Å². The summed E-state index contributed by atoms with van der Waals surface area (Å²) in [4.78, 5) is 23.9. The number of urea groups is 1. The molecule has 3 N–H and O–H groups in total. The Balaban J connectivity index is 1.68. The summed E-state index contributed by atoms with van der Waals surface area (Å²) in [7, 11) is 0. The number of amides is 3. The summed E-state index contributed by atoms with van der Waals surface area (Å²) in [6.07, 6.45) is 1.76. The van der Waals surface area contributed by atoms with Crippen LogP contribution >= 0.6 is 0 Å². The number of nitrogens with one attached hydrogen (secondary N) is 3. The zero-order valence-electron chi connectivity index (χ0n) is 15.7. The molecular weight excluding hydrogens is 326 g/mol. The number of hydrogen-bond acceptors (Lipinski definition) is 2. The van der Waals surface area contributed by atoms with E-state index in [0.717, 1.165) is 35.2 Å². The second-order valence-electron chi connectivity index (χ2n) is 6.52. The molecule has 0 bridgehead atoms. The Labute approximate surface area is 155 Å². The van der Waals surface area contributed by atoms with E-state index in [-0.39, 0.29) is 18.5 Å². The van der Waals surface area contributed by atoms with E-state index < -0.39 is 0 Å². The van der Waals surface area contributed by atoms with E-state index in [9.17, 15) is 9.59 Å². The molecule has 26 heavy (non-hydrogen) atoms. The zero-order valence-corrected chi connectivity index (χ0v) is 15.7. The average Bonchev–Trinajstić information content (AvgIpc) is 2.61. The average molecular weight is 353 g/mol. The number of hydrogen-bond donors (Lipinski definition) is 3. The number of rotatable bonds is 7. The van der Waals surface area contributed by atoms with E-state index in [4.69, 9.17) is 0 Å². The van der Waals surface area contributed by atoms with Crippen molar-refractivity contribution in [1.82, 2.24) is 10.6 Å². The summed E-state index contributed by atoms with van der Waals surface area (Å²) in [6, 6.07) is 13.9. The third-order valence-electron chi connectivity index (χ3n) is 4.12. The van der Waals surface area contributed by atoms with Crippen LogP contribution in [0, 0.1) is 20.8 Å². The maximum absolute atomic E-state index is 12.1. The van der Waals surface area contributed by atoms with Crippen molar-refractivity contribution < 1.29 is 9.59 Å². The molecule has 2 aromatic rings. The Hall–Kier alpha value is -2.82. The molecule has 0 fully saturated rings. The van der Waals surface area contributed by atoms with Gasteiger partial charge in [-0.15, -0.1) is 0 Å². The molecule has 5 nitrogen and oxygen atoms in total. The first-order valence-electron chi connectivity index (χ1n) is 8.89. The Bertz CT molecular complexity index is 734. The molecule has 0 unspecified atom stereocenters. The third-order valence-corrected chi connectivity index (χ3v) is 4.12. The van der Waals surface area contributed by atoms with Crippen molar-refractivity contribution in [3.05, 3.63) is 64.7 Å². The summed E-state index contributed by atoms with van der Waals surface area (Å²) in [5.74, 6) is -0.237. The first kappa shape index (κ1) is 19.5. The van der Waals surface area contributed by atoms with E-state index in [1.165, 1.54) is 5.56 Å². The van der Waals surface area contributed by atoms with Crippen LogP contribution in [0.25, 0.3) is 0 Å². The van der Waals surface area contributed by atoms with E-state index in [1.54, 1.807) is 0 Å². The van der Waals surface area contributed by atoms with Gasteiger partial charge < -0.3 is 16.0 Å². The van der Waals surface area contributed by atoms with Crippen molar-refractivity contribution in [2.24, 2.45) is 0 Å². The lowest BCUT2D eigenvalue weighted by atomic mass is 10.1. The minimum Gasteiger partial charge on any atom is -0.338 e. The van der Waals surface area contributed by atoms with Gasteiger partial charge in [-0.2, -0.15) is 0 Å². The van der Waals surface area contributed by atoms with E-state index in [1.807, 2.05) is 51.1 Å². The van der Waals surface area contributed by atoms with Crippen LogP contribution in [0.4, 0.5) is 10.5 Å². The lowest BCUT2D eigenvalue weighted by Gasteiger charge is -2.13. The highest BCUT2D eigenvalue weighted by Crippen LogP contribution is 2.21. The highest BCUT2D eigenvalue weighted by Gasteiger charge is 2.09. The fourth-order valence-electron chi connectivity index (χ4n) is 2.92. The molecule has 2 aromatic carbocycles. The van der Waals surface area contributed by atoms with Gasteiger partial charge >= 0.3 is 6.03 Å². The second kappa shape index (κ2) is 9.61. The topological polar surface area (TPSA) is 70.2 Å². The predicted molar refractivity (Wildman–Crippen MR) is 105 cm³/mol. The third kappa shape index (κ3) is 6.24. The minimum atomic E-state index is -0.328. The van der Waals surface area contributed by atoms with Gasteiger partial charge in [0.1, 0.15) is 0 Å². The molecular formula is C21H27N3O2. The van der Waals surface area contributed by atoms with Gasteiger partial charge in [0.25, 0.3) is 0 Å². The largest absolute Gasteiger partial charge is 0.338 e. The van der Waals surface area contributed by atoms with Crippen LogP contribution in [0.15, 0.2) is 42.5 Å². The molecule has 0 atom stereocenters. The normalized spacial score (nSPS) is 10.3. The molecule has 138 valence electrons. The number of carbonyl (C=O) groups is 2. The zero-order chi connectivity index (χ0) is 18.9. The summed E-state index contributed by atoms with van der Waals surface area (Å²) in [5.41, 5.74) is 5.25. The predicted octanol–water partition coefficient (Wildman–Crippen LogP) is 3.48. The second-order valence-corrected chi connectivity index (χ2v) is 6.52. The Morgan fingerprint density at radius 3 is 2.23 bits per heavy atom. The Morgan fingerprint density at radius 1 is 0.923 bits per heavy atom. The highest BCUT2D eigenvalue weighted by molar-refractivity contribution is 5.95. The van der Waals surface area contributed by atoms with Crippen LogP contribution < -0.4 is 16.0 Å². The van der Waals surface area contributed by atoms with Crippen molar-refractivity contribution in [3.8, 4) is 0 Å². The lowest BCUT2D eigenvalue weighted by molar-refractivity contribution is -0.115. The lowest BCUT2D eigenvalue weighted by Crippen LogP contribution is -2.40. The molecule has 5 heteroatoms. The molecule has 3 amide bonds. The summed E-state index contributed by atoms with van der Waals surface area (Å²) in [5, 5.41) is 8.23. The molecule has 0 spiro atoms. The first-order chi connectivity index (χ1) is 12.5. The maximum atomic E-state index is 12.1. The fraction of sp³-hybridized carbons (Fsp3) is 0.333. The van der Waals surface area contributed by atoms with Gasteiger partial charge in [-0.25, -0.2) is 4.79 Å². The van der Waals surface area contributed by atoms with Crippen molar-refractivity contribution in [2.45, 2.75) is 33.6 Å². The van der Waals surface area contributed by atoms with Crippen LogP contribution in [0.5, 0.6) is 0 Å². The van der Waals surface area contributed by atoms with Crippen LogP contribution in [-0.2, 0) is 11.2 Å². The molecule has 2 rings (SSSR count). The van der Waals surface area contributed by atoms with E-state index in [2.05, 4.69) is 28.1 Å². The number of anilines is 1. The molecule has 0 aliphatic carbocycles. The Kier molecular flexibility index (Phi) is 7.21. The molecule has 0 heterocycles. The van der Waals surface area contributed by atoms with Crippen LogP contribution in [-0.4, -0.2) is 25.0 Å². The van der Waals surface area contributed by atoms with Gasteiger partial charge in [0.2, 0.25) is 5.91 Å². The standard InChI is InChI=1S/C21H27N3O2/c1-15-12-16(2)20(17(3)13-15)24-19(25)14-23-21(26)22-11-7-10-18-8-5-4-6-9-18/h4-6,8-9,12-13H,7,10-11,14H2,1-3H3,(H,24,25)(H2,22,23,26). The molecule has 0 aromatic heterocycles. The molecule has 0 saturated carbocycles. The monoisotopic (exact) mass is 353 g/mol. The quantitative estimate of drug-likeness (QED) is 0.667. The minimum absolute atomic E-state index is 0.0583. The molecule has 0 aliphatic rings. The van der Waals surface area contributed by atoms with Gasteiger partial charge in [0.05, 0.1) is 6.54 Å². The van der Waals surface area contributed by atoms with Gasteiger partial charge in [-0.3, -0.25) is 4.79 Å². The SMILES string of the molecule is Cc1cc(C)c(NC(=O)CNC(=O)NCCCc2ccccc2)c(C)c1. The highest BCUT2D eigenvalue weighted by atomic mass is 16.2. The van der Waals surface area contributed by atoms with Gasteiger partial charge in [-0.05, 0) is 50.3 Å². The number of carbonyl (C=O) groups excluding carboxylic acids is 2.